The molecule has 0 heterocycles. The zero-order valence-corrected chi connectivity index (χ0v) is 9.16. The predicted molar refractivity (Wildman–Crippen MR) is 63.5 cm³/mol. The Hall–Kier alpha value is -2.43. The van der Waals surface area contributed by atoms with Crippen LogP contribution >= 0.6 is 0 Å². The van der Waals surface area contributed by atoms with Crippen LogP contribution < -0.4 is 0 Å². The molecule has 0 spiro atoms. The Morgan fingerprint density at radius 2 is 1.88 bits per heavy atom. The molecule has 88 valence electrons. The number of allylic oxidation sites excluding steroid dienone is 2. The summed E-state index contributed by atoms with van der Waals surface area (Å²) in [7, 11) is 0. The van der Waals surface area contributed by atoms with Crippen molar-refractivity contribution in [3.8, 4) is 0 Å². The second-order valence-electron chi connectivity index (χ2n) is 3.41. The molecule has 0 aliphatic rings. The van der Waals surface area contributed by atoms with Crippen LogP contribution in [0.3, 0.4) is 0 Å². The minimum absolute atomic E-state index is 0.0286. The first-order chi connectivity index (χ1) is 7.99. The minimum atomic E-state index is -1.01. The lowest BCUT2D eigenvalue weighted by molar-refractivity contribution is -0.384. The average molecular weight is 233 g/mol. The highest BCUT2D eigenvalue weighted by Gasteiger charge is 2.02. The third-order valence-electron chi connectivity index (χ3n) is 1.99. The van der Waals surface area contributed by atoms with E-state index >= 15 is 0 Å². The van der Waals surface area contributed by atoms with Crippen LogP contribution in [-0.2, 0) is 4.79 Å². The molecular formula is C12H11NO4. The molecule has 0 saturated heterocycles. The largest absolute Gasteiger partial charge is 0.478 e. The van der Waals surface area contributed by atoms with Gasteiger partial charge in [-0.05, 0) is 24.6 Å². The summed E-state index contributed by atoms with van der Waals surface area (Å²) in [5.41, 5.74) is 1.56. The van der Waals surface area contributed by atoms with E-state index in [1.165, 1.54) is 18.2 Å². The van der Waals surface area contributed by atoms with Crippen molar-refractivity contribution < 1.29 is 14.8 Å². The quantitative estimate of drug-likeness (QED) is 0.375. The Kier molecular flexibility index (Phi) is 4.16. The molecule has 0 radical (unpaired) electrons. The van der Waals surface area contributed by atoms with E-state index in [1.54, 1.807) is 25.1 Å². The first kappa shape index (κ1) is 12.6. The fraction of sp³-hybridized carbons (Fsp3) is 0.0833. The molecule has 1 aromatic rings. The molecule has 1 N–H and O–H groups in total. The van der Waals surface area contributed by atoms with Gasteiger partial charge in [-0.1, -0.05) is 17.7 Å². The van der Waals surface area contributed by atoms with E-state index in [1.807, 2.05) is 0 Å². The lowest BCUT2D eigenvalue weighted by atomic mass is 10.1. The SMILES string of the molecule is CC(C=CC(=O)O)=Cc1ccc([N+](=O)[O-])cc1. The number of hydrogen-bond donors (Lipinski definition) is 1. The van der Waals surface area contributed by atoms with E-state index in [0.717, 1.165) is 17.2 Å². The fourth-order valence-corrected chi connectivity index (χ4v) is 1.21. The molecule has 0 unspecified atom stereocenters. The Morgan fingerprint density at radius 1 is 1.29 bits per heavy atom. The normalized spacial score (nSPS) is 11.7. The first-order valence-electron chi connectivity index (χ1n) is 4.83. The zero-order chi connectivity index (χ0) is 12.8. The maximum atomic E-state index is 10.4. The van der Waals surface area contributed by atoms with Gasteiger partial charge in [0.25, 0.3) is 5.69 Å². The van der Waals surface area contributed by atoms with Gasteiger partial charge in [-0.25, -0.2) is 4.79 Å². The molecule has 17 heavy (non-hydrogen) atoms. The number of nitro benzene ring substituents is 1. The van der Waals surface area contributed by atoms with E-state index < -0.39 is 10.9 Å². The van der Waals surface area contributed by atoms with Gasteiger partial charge in [-0.2, -0.15) is 0 Å². The first-order valence-corrected chi connectivity index (χ1v) is 4.83. The summed E-state index contributed by atoms with van der Waals surface area (Å²) >= 11 is 0. The maximum absolute atomic E-state index is 10.4. The summed E-state index contributed by atoms with van der Waals surface area (Å²) in [6.07, 6.45) is 4.24. The second-order valence-corrected chi connectivity index (χ2v) is 3.41. The number of hydrogen-bond acceptors (Lipinski definition) is 3. The molecule has 5 heteroatoms. The molecule has 0 saturated carbocycles. The lowest BCUT2D eigenvalue weighted by Gasteiger charge is -1.95. The lowest BCUT2D eigenvalue weighted by Crippen LogP contribution is -1.87. The van der Waals surface area contributed by atoms with Crippen molar-refractivity contribution >= 4 is 17.7 Å². The highest BCUT2D eigenvalue weighted by molar-refractivity contribution is 5.80. The topological polar surface area (TPSA) is 80.4 Å². The summed E-state index contributed by atoms with van der Waals surface area (Å²) < 4.78 is 0. The van der Waals surface area contributed by atoms with Gasteiger partial charge in [0.05, 0.1) is 4.92 Å². The van der Waals surface area contributed by atoms with Gasteiger partial charge >= 0.3 is 5.97 Å². The average Bonchev–Trinajstić information content (AvgIpc) is 2.27. The van der Waals surface area contributed by atoms with Crippen LogP contribution in [0.2, 0.25) is 0 Å². The van der Waals surface area contributed by atoms with Crippen molar-refractivity contribution in [3.05, 3.63) is 57.7 Å². The third-order valence-corrected chi connectivity index (χ3v) is 1.99. The van der Waals surface area contributed by atoms with Crippen molar-refractivity contribution in [1.82, 2.24) is 0 Å². The molecule has 1 aromatic carbocycles. The Balaban J connectivity index is 2.84. The van der Waals surface area contributed by atoms with Gasteiger partial charge < -0.3 is 5.11 Å². The summed E-state index contributed by atoms with van der Waals surface area (Å²) in [5, 5.41) is 18.9. The molecule has 0 aliphatic heterocycles. The molecule has 0 fully saturated rings. The summed E-state index contributed by atoms with van der Waals surface area (Å²) in [6.45, 7) is 1.75. The monoisotopic (exact) mass is 233 g/mol. The van der Waals surface area contributed by atoms with Crippen molar-refractivity contribution in [2.45, 2.75) is 6.92 Å². The number of aliphatic carboxylic acids is 1. The van der Waals surface area contributed by atoms with Crippen LogP contribution in [0.4, 0.5) is 5.69 Å². The number of benzene rings is 1. The van der Waals surface area contributed by atoms with Gasteiger partial charge in [-0.3, -0.25) is 10.1 Å². The molecule has 0 atom stereocenters. The van der Waals surface area contributed by atoms with Crippen molar-refractivity contribution in [3.63, 3.8) is 0 Å². The van der Waals surface area contributed by atoms with E-state index in [-0.39, 0.29) is 5.69 Å². The Labute approximate surface area is 97.9 Å². The molecule has 0 aliphatic carbocycles. The highest BCUT2D eigenvalue weighted by Crippen LogP contribution is 2.14. The van der Waals surface area contributed by atoms with Crippen molar-refractivity contribution in [1.29, 1.82) is 0 Å². The molecule has 0 bridgehead atoms. The summed E-state index contributed by atoms with van der Waals surface area (Å²) in [6, 6.07) is 6.02. The van der Waals surface area contributed by atoms with Crippen LogP contribution in [0.5, 0.6) is 0 Å². The molecule has 5 nitrogen and oxygen atoms in total. The van der Waals surface area contributed by atoms with Gasteiger partial charge in [0.2, 0.25) is 0 Å². The van der Waals surface area contributed by atoms with Gasteiger partial charge in [-0.15, -0.1) is 0 Å². The van der Waals surface area contributed by atoms with E-state index in [2.05, 4.69) is 0 Å². The summed E-state index contributed by atoms with van der Waals surface area (Å²) in [5.74, 6) is -1.01. The molecule has 0 aromatic heterocycles. The van der Waals surface area contributed by atoms with Crippen LogP contribution in [0.15, 0.2) is 42.0 Å². The molecular weight excluding hydrogens is 222 g/mol. The van der Waals surface area contributed by atoms with Crippen LogP contribution in [0.25, 0.3) is 6.08 Å². The minimum Gasteiger partial charge on any atom is -0.478 e. The van der Waals surface area contributed by atoms with E-state index in [0.29, 0.717) is 0 Å². The predicted octanol–water partition coefficient (Wildman–Crippen LogP) is 2.64. The maximum Gasteiger partial charge on any atom is 0.328 e. The summed E-state index contributed by atoms with van der Waals surface area (Å²) in [4.78, 5) is 20.2. The van der Waals surface area contributed by atoms with Crippen molar-refractivity contribution in [2.24, 2.45) is 0 Å². The molecule has 0 amide bonds. The Bertz CT molecular complexity index is 486. The van der Waals surface area contributed by atoms with Crippen LogP contribution in [-0.4, -0.2) is 16.0 Å². The number of nitrogens with zero attached hydrogens (tertiary/aromatic N) is 1. The standard InChI is InChI=1S/C12H11NO4/c1-9(2-7-12(14)15)8-10-3-5-11(6-4-10)13(16)17/h2-8H,1H3,(H,14,15). The second kappa shape index (κ2) is 5.60. The number of carbonyl (C=O) groups is 1. The number of non-ortho nitro benzene ring substituents is 1. The fourth-order valence-electron chi connectivity index (χ4n) is 1.21. The third kappa shape index (κ3) is 4.29. The number of carboxylic acid groups (broad SMARTS) is 1. The molecule has 1 rings (SSSR count). The van der Waals surface area contributed by atoms with Gasteiger partial charge in [0, 0.05) is 18.2 Å². The zero-order valence-electron chi connectivity index (χ0n) is 9.16. The van der Waals surface area contributed by atoms with Crippen LogP contribution in [0.1, 0.15) is 12.5 Å². The Morgan fingerprint density at radius 3 is 2.35 bits per heavy atom. The van der Waals surface area contributed by atoms with Crippen molar-refractivity contribution in [2.75, 3.05) is 0 Å². The van der Waals surface area contributed by atoms with Gasteiger partial charge in [0.1, 0.15) is 0 Å². The number of nitro groups is 1. The van der Waals surface area contributed by atoms with Gasteiger partial charge in [0.15, 0.2) is 0 Å². The van der Waals surface area contributed by atoms with Crippen LogP contribution in [0, 0.1) is 10.1 Å². The number of carboxylic acids is 1. The number of rotatable bonds is 4. The van der Waals surface area contributed by atoms with E-state index in [9.17, 15) is 14.9 Å². The smallest absolute Gasteiger partial charge is 0.328 e. The highest BCUT2D eigenvalue weighted by atomic mass is 16.6. The van der Waals surface area contributed by atoms with E-state index in [4.69, 9.17) is 5.11 Å².